The van der Waals surface area contributed by atoms with E-state index in [4.69, 9.17) is 16.2 Å². The van der Waals surface area contributed by atoms with E-state index in [0.717, 1.165) is 31.4 Å². The van der Waals surface area contributed by atoms with Crippen LogP contribution in [0.15, 0.2) is 34.3 Å². The fraction of sp³-hybridized carbons (Fsp3) is 0.500. The summed E-state index contributed by atoms with van der Waals surface area (Å²) < 4.78 is 5.74. The van der Waals surface area contributed by atoms with E-state index in [1.54, 1.807) is 0 Å². The van der Waals surface area contributed by atoms with Crippen LogP contribution in [0.25, 0.3) is 0 Å². The molecule has 0 aromatic heterocycles. The molecule has 26 heavy (non-hydrogen) atoms. The standard InChI is InChI=1S/C18H26N6O2/c1-13(25)21-10-11-26-15-7-5-6-14(12-15)24-17(20)22-16(19)23-18(24)8-3-2-4-9-18/h5-7,12H,2-4,8-11H2,1H3,(H,21,25)(H4,19,20,22,23). The van der Waals surface area contributed by atoms with Gasteiger partial charge < -0.3 is 21.5 Å². The Balaban J connectivity index is 1.81. The molecule has 1 aliphatic heterocycles. The number of rotatable bonds is 5. The second-order valence-corrected chi connectivity index (χ2v) is 6.65. The molecule has 8 heteroatoms. The van der Waals surface area contributed by atoms with Crippen molar-refractivity contribution in [2.75, 3.05) is 18.1 Å². The second-order valence-electron chi connectivity index (χ2n) is 6.65. The van der Waals surface area contributed by atoms with E-state index < -0.39 is 5.66 Å². The summed E-state index contributed by atoms with van der Waals surface area (Å²) in [6.07, 6.45) is 5.12. The smallest absolute Gasteiger partial charge is 0.220 e. The van der Waals surface area contributed by atoms with E-state index in [1.165, 1.54) is 13.3 Å². The molecule has 3 rings (SSSR count). The quantitative estimate of drug-likeness (QED) is 0.686. The number of carbonyl (C=O) groups excluding carboxylic acids is 1. The Hall–Kier alpha value is -2.77. The summed E-state index contributed by atoms with van der Waals surface area (Å²) in [7, 11) is 0. The number of ether oxygens (including phenoxy) is 1. The summed E-state index contributed by atoms with van der Waals surface area (Å²) >= 11 is 0. The van der Waals surface area contributed by atoms with Crippen molar-refractivity contribution >= 4 is 23.5 Å². The molecule has 0 saturated heterocycles. The number of amides is 1. The lowest BCUT2D eigenvalue weighted by Gasteiger charge is -2.45. The van der Waals surface area contributed by atoms with Crippen LogP contribution >= 0.6 is 0 Å². The average molecular weight is 358 g/mol. The zero-order valence-electron chi connectivity index (χ0n) is 15.1. The Bertz CT molecular complexity index is 724. The minimum absolute atomic E-state index is 0.0747. The predicted octanol–water partition coefficient (Wildman–Crippen LogP) is 1.31. The Labute approximate surface area is 153 Å². The number of guanidine groups is 2. The Morgan fingerprint density at radius 3 is 2.81 bits per heavy atom. The summed E-state index contributed by atoms with van der Waals surface area (Å²) in [4.78, 5) is 21.7. The van der Waals surface area contributed by atoms with Crippen LogP contribution in [0.5, 0.6) is 5.75 Å². The Morgan fingerprint density at radius 1 is 1.31 bits per heavy atom. The first kappa shape index (κ1) is 18.0. The number of carbonyl (C=O) groups is 1. The molecular weight excluding hydrogens is 332 g/mol. The largest absolute Gasteiger partial charge is 0.492 e. The lowest BCUT2D eigenvalue weighted by Crippen LogP contribution is -2.58. The minimum Gasteiger partial charge on any atom is -0.492 e. The minimum atomic E-state index is -0.469. The van der Waals surface area contributed by atoms with Crippen molar-refractivity contribution in [1.82, 2.24) is 5.32 Å². The molecule has 1 heterocycles. The van der Waals surface area contributed by atoms with Crippen LogP contribution in [0, 0.1) is 0 Å². The highest BCUT2D eigenvalue weighted by molar-refractivity contribution is 6.05. The van der Waals surface area contributed by atoms with Gasteiger partial charge in [0.2, 0.25) is 17.8 Å². The van der Waals surface area contributed by atoms with Crippen molar-refractivity contribution in [2.24, 2.45) is 21.5 Å². The number of nitrogens with one attached hydrogen (secondary N) is 1. The van der Waals surface area contributed by atoms with E-state index in [1.807, 2.05) is 29.2 Å². The third-order valence-corrected chi connectivity index (χ3v) is 4.67. The van der Waals surface area contributed by atoms with Gasteiger partial charge >= 0.3 is 0 Å². The lowest BCUT2D eigenvalue weighted by molar-refractivity contribution is -0.119. The first-order valence-corrected chi connectivity index (χ1v) is 8.97. The number of nitrogens with zero attached hydrogens (tertiary/aromatic N) is 3. The number of hydrogen-bond acceptors (Lipinski definition) is 7. The number of aliphatic imine (C=N–C) groups is 2. The average Bonchev–Trinajstić information content (AvgIpc) is 2.59. The van der Waals surface area contributed by atoms with Gasteiger partial charge in [-0.3, -0.25) is 9.69 Å². The molecule has 1 aromatic rings. The van der Waals surface area contributed by atoms with Crippen LogP contribution in [0.2, 0.25) is 0 Å². The molecule has 1 saturated carbocycles. The van der Waals surface area contributed by atoms with Crippen molar-refractivity contribution in [3.63, 3.8) is 0 Å². The molecule has 140 valence electrons. The molecule has 1 aromatic carbocycles. The van der Waals surface area contributed by atoms with Crippen LogP contribution in [0.1, 0.15) is 39.0 Å². The van der Waals surface area contributed by atoms with Crippen molar-refractivity contribution in [3.05, 3.63) is 24.3 Å². The van der Waals surface area contributed by atoms with Gasteiger partial charge in [-0.15, -0.1) is 0 Å². The summed E-state index contributed by atoms with van der Waals surface area (Å²) in [5, 5.41) is 2.71. The number of benzene rings is 1. The number of hydrogen-bond donors (Lipinski definition) is 3. The Kier molecular flexibility index (Phi) is 5.29. The third-order valence-electron chi connectivity index (χ3n) is 4.67. The van der Waals surface area contributed by atoms with Crippen molar-refractivity contribution < 1.29 is 9.53 Å². The highest BCUT2D eigenvalue weighted by Crippen LogP contribution is 2.40. The van der Waals surface area contributed by atoms with Crippen molar-refractivity contribution in [2.45, 2.75) is 44.7 Å². The van der Waals surface area contributed by atoms with E-state index in [0.29, 0.717) is 24.9 Å². The zero-order valence-corrected chi connectivity index (χ0v) is 15.1. The molecule has 1 amide bonds. The number of nitrogens with two attached hydrogens (primary N) is 2. The molecule has 2 aliphatic rings. The molecule has 1 fully saturated rings. The van der Waals surface area contributed by atoms with Crippen LogP contribution in [-0.2, 0) is 4.79 Å². The van der Waals surface area contributed by atoms with Crippen LogP contribution in [0.4, 0.5) is 5.69 Å². The fourth-order valence-corrected chi connectivity index (χ4v) is 3.60. The summed E-state index contributed by atoms with van der Waals surface area (Å²) in [5.74, 6) is 1.22. The van der Waals surface area contributed by atoms with Crippen molar-refractivity contribution in [1.29, 1.82) is 0 Å². The first-order valence-electron chi connectivity index (χ1n) is 8.97. The van der Waals surface area contributed by atoms with E-state index >= 15 is 0 Å². The van der Waals surface area contributed by atoms with Gasteiger partial charge in [-0.1, -0.05) is 12.5 Å². The molecule has 0 bridgehead atoms. The van der Waals surface area contributed by atoms with Gasteiger partial charge in [0.15, 0.2) is 0 Å². The Morgan fingerprint density at radius 2 is 2.08 bits per heavy atom. The van der Waals surface area contributed by atoms with Crippen LogP contribution < -0.4 is 26.4 Å². The van der Waals surface area contributed by atoms with Gasteiger partial charge in [-0.25, -0.2) is 4.99 Å². The molecular formula is C18H26N6O2. The fourth-order valence-electron chi connectivity index (χ4n) is 3.60. The van der Waals surface area contributed by atoms with Gasteiger partial charge in [-0.2, -0.15) is 4.99 Å². The monoisotopic (exact) mass is 358 g/mol. The maximum absolute atomic E-state index is 10.9. The summed E-state index contributed by atoms with van der Waals surface area (Å²) in [5.41, 5.74) is 12.5. The molecule has 5 N–H and O–H groups in total. The topological polar surface area (TPSA) is 118 Å². The normalized spacial score (nSPS) is 18.9. The van der Waals surface area contributed by atoms with Gasteiger partial charge in [-0.05, 0) is 37.8 Å². The molecule has 0 unspecified atom stereocenters. The molecule has 0 radical (unpaired) electrons. The van der Waals surface area contributed by atoms with Gasteiger partial charge in [0.05, 0.1) is 6.54 Å². The molecule has 0 atom stereocenters. The van der Waals surface area contributed by atoms with Gasteiger partial charge in [0.1, 0.15) is 18.0 Å². The maximum Gasteiger partial charge on any atom is 0.220 e. The first-order chi connectivity index (χ1) is 12.5. The van der Waals surface area contributed by atoms with Gasteiger partial charge in [0, 0.05) is 18.7 Å². The zero-order chi connectivity index (χ0) is 18.6. The van der Waals surface area contributed by atoms with Crippen LogP contribution in [0.3, 0.4) is 0 Å². The highest BCUT2D eigenvalue weighted by atomic mass is 16.5. The predicted molar refractivity (Wildman–Crippen MR) is 102 cm³/mol. The summed E-state index contributed by atoms with van der Waals surface area (Å²) in [6, 6.07) is 7.67. The van der Waals surface area contributed by atoms with Gasteiger partial charge in [0.25, 0.3) is 0 Å². The van der Waals surface area contributed by atoms with E-state index in [9.17, 15) is 4.79 Å². The SMILES string of the molecule is CC(=O)NCCOc1cccc(N2C(N)=NC(N)=NC23CCCCC3)c1. The molecule has 1 aliphatic carbocycles. The third kappa shape index (κ3) is 3.89. The number of anilines is 1. The van der Waals surface area contributed by atoms with Crippen LogP contribution in [-0.4, -0.2) is 36.6 Å². The van der Waals surface area contributed by atoms with Crippen molar-refractivity contribution in [3.8, 4) is 5.75 Å². The lowest BCUT2D eigenvalue weighted by atomic mass is 9.87. The van der Waals surface area contributed by atoms with E-state index in [2.05, 4.69) is 15.3 Å². The second kappa shape index (κ2) is 7.63. The van der Waals surface area contributed by atoms with E-state index in [-0.39, 0.29) is 11.9 Å². The molecule has 8 nitrogen and oxygen atoms in total. The maximum atomic E-state index is 10.9. The molecule has 1 spiro atoms. The highest BCUT2D eigenvalue weighted by Gasteiger charge is 2.42. The summed E-state index contributed by atoms with van der Waals surface area (Å²) in [6.45, 7) is 2.33.